The average molecular weight is 324 g/mol. The quantitative estimate of drug-likeness (QED) is 0.428. The van der Waals surface area contributed by atoms with Crippen LogP contribution in [-0.4, -0.2) is 21.0 Å². The topological polar surface area (TPSA) is 134 Å². The summed E-state index contributed by atoms with van der Waals surface area (Å²) >= 11 is 0. The highest BCUT2D eigenvalue weighted by atomic mass is 16.6. The lowest BCUT2D eigenvalue weighted by molar-refractivity contribution is -0.384. The highest BCUT2D eigenvalue weighted by molar-refractivity contribution is 6.17. The van der Waals surface area contributed by atoms with Crippen molar-refractivity contribution in [2.45, 2.75) is 0 Å². The molecule has 0 aliphatic rings. The van der Waals surface area contributed by atoms with Crippen molar-refractivity contribution >= 4 is 28.6 Å². The molecular formula is C16H12N4O4. The van der Waals surface area contributed by atoms with Crippen LogP contribution in [0.1, 0.15) is 26.4 Å². The Kier molecular flexibility index (Phi) is 3.49. The van der Waals surface area contributed by atoms with Gasteiger partial charge in [-0.15, -0.1) is 0 Å². The molecular weight excluding hydrogens is 312 g/mol. The van der Waals surface area contributed by atoms with Gasteiger partial charge in [-0.05, 0) is 24.3 Å². The molecule has 0 unspecified atom stereocenters. The molecule has 1 amide bonds. The van der Waals surface area contributed by atoms with E-state index in [9.17, 15) is 19.7 Å². The molecule has 120 valence electrons. The molecule has 4 N–H and O–H groups in total. The van der Waals surface area contributed by atoms with E-state index in [1.165, 1.54) is 28.7 Å². The summed E-state index contributed by atoms with van der Waals surface area (Å²) in [5, 5.41) is 10.7. The number of hydrogen-bond donors (Lipinski definition) is 2. The molecule has 0 bridgehead atoms. The Balaban J connectivity index is 2.18. The van der Waals surface area contributed by atoms with Gasteiger partial charge in [0, 0.05) is 23.9 Å². The van der Waals surface area contributed by atoms with Gasteiger partial charge in [0.2, 0.25) is 5.78 Å². The fourth-order valence-corrected chi connectivity index (χ4v) is 2.59. The number of nitrogen functional groups attached to an aromatic ring is 1. The molecule has 0 radical (unpaired) electrons. The zero-order chi connectivity index (χ0) is 17.4. The molecule has 0 fully saturated rings. The molecule has 8 heteroatoms. The van der Waals surface area contributed by atoms with Crippen LogP contribution in [-0.2, 0) is 0 Å². The summed E-state index contributed by atoms with van der Waals surface area (Å²) in [6.45, 7) is 0. The Morgan fingerprint density at radius 1 is 1.08 bits per heavy atom. The van der Waals surface area contributed by atoms with E-state index < -0.39 is 16.6 Å². The lowest BCUT2D eigenvalue weighted by Crippen LogP contribution is -2.13. The molecule has 24 heavy (non-hydrogen) atoms. The minimum atomic E-state index is -0.737. The first kappa shape index (κ1) is 15.2. The number of nitrogens with zero attached hydrogens (tertiary/aromatic N) is 2. The number of anilines is 1. The summed E-state index contributed by atoms with van der Waals surface area (Å²) in [5.74, 6) is -1.20. The van der Waals surface area contributed by atoms with Crippen molar-refractivity contribution in [1.29, 1.82) is 0 Å². The van der Waals surface area contributed by atoms with Crippen LogP contribution in [0.3, 0.4) is 0 Å². The Labute approximate surface area is 135 Å². The number of carbonyl (C=O) groups is 2. The first-order chi connectivity index (χ1) is 11.4. The first-order valence-electron chi connectivity index (χ1n) is 6.89. The van der Waals surface area contributed by atoms with Crippen LogP contribution in [0.4, 0.5) is 11.4 Å². The van der Waals surface area contributed by atoms with Crippen molar-refractivity contribution in [3.63, 3.8) is 0 Å². The maximum atomic E-state index is 12.8. The number of aromatic nitrogens is 1. The van der Waals surface area contributed by atoms with Gasteiger partial charge in [-0.1, -0.05) is 6.07 Å². The van der Waals surface area contributed by atoms with E-state index >= 15 is 0 Å². The number of carbonyl (C=O) groups excluding carboxylic acids is 2. The van der Waals surface area contributed by atoms with Gasteiger partial charge in [-0.25, -0.2) is 0 Å². The lowest BCUT2D eigenvalue weighted by atomic mass is 10.1. The Hall–Kier alpha value is -3.68. The molecule has 3 rings (SSSR count). The largest absolute Gasteiger partial charge is 0.396 e. The van der Waals surface area contributed by atoms with E-state index in [-0.39, 0.29) is 28.2 Å². The number of nitrogens with two attached hydrogens (primary N) is 2. The van der Waals surface area contributed by atoms with E-state index in [2.05, 4.69) is 0 Å². The molecule has 0 aliphatic heterocycles. The third kappa shape index (κ3) is 2.26. The highest BCUT2D eigenvalue weighted by Gasteiger charge is 2.25. The third-order valence-electron chi connectivity index (χ3n) is 3.68. The van der Waals surface area contributed by atoms with Gasteiger partial charge in [0.15, 0.2) is 0 Å². The van der Waals surface area contributed by atoms with E-state index in [1.807, 2.05) is 0 Å². The number of hydrogen-bond acceptors (Lipinski definition) is 5. The number of pyridine rings is 1. The summed E-state index contributed by atoms with van der Waals surface area (Å²) in [7, 11) is 0. The van der Waals surface area contributed by atoms with Crippen molar-refractivity contribution in [2.24, 2.45) is 5.73 Å². The molecule has 0 saturated heterocycles. The maximum absolute atomic E-state index is 12.8. The van der Waals surface area contributed by atoms with Gasteiger partial charge >= 0.3 is 0 Å². The minimum absolute atomic E-state index is 0.0166. The van der Waals surface area contributed by atoms with Gasteiger partial charge in [0.25, 0.3) is 11.6 Å². The number of amides is 1. The molecule has 2 aromatic heterocycles. The zero-order valence-electron chi connectivity index (χ0n) is 12.3. The highest BCUT2D eigenvalue weighted by Crippen LogP contribution is 2.28. The van der Waals surface area contributed by atoms with Gasteiger partial charge in [-0.3, -0.25) is 19.7 Å². The summed E-state index contributed by atoms with van der Waals surface area (Å²) in [6, 6.07) is 10.1. The molecule has 0 aliphatic carbocycles. The fraction of sp³-hybridized carbons (Fsp3) is 0. The van der Waals surface area contributed by atoms with E-state index in [1.54, 1.807) is 24.4 Å². The normalized spacial score (nSPS) is 10.7. The molecule has 0 atom stereocenters. The molecule has 3 aromatic rings. The van der Waals surface area contributed by atoms with Crippen LogP contribution < -0.4 is 11.5 Å². The van der Waals surface area contributed by atoms with E-state index in [0.29, 0.717) is 5.52 Å². The van der Waals surface area contributed by atoms with E-state index in [4.69, 9.17) is 11.5 Å². The molecule has 1 aromatic carbocycles. The van der Waals surface area contributed by atoms with Crippen molar-refractivity contribution < 1.29 is 14.5 Å². The van der Waals surface area contributed by atoms with Crippen molar-refractivity contribution in [1.82, 2.24) is 4.40 Å². The Bertz CT molecular complexity index is 989. The number of nitro benzene ring substituents is 1. The van der Waals surface area contributed by atoms with Crippen LogP contribution in [0.5, 0.6) is 0 Å². The fourth-order valence-electron chi connectivity index (χ4n) is 2.59. The molecule has 0 saturated carbocycles. The second kappa shape index (κ2) is 5.51. The summed E-state index contributed by atoms with van der Waals surface area (Å²) in [6.07, 6.45) is 1.59. The summed E-state index contributed by atoms with van der Waals surface area (Å²) in [5.41, 5.74) is 12.0. The number of rotatable bonds is 4. The average Bonchev–Trinajstić information content (AvgIpc) is 2.86. The third-order valence-corrected chi connectivity index (χ3v) is 3.68. The van der Waals surface area contributed by atoms with Crippen LogP contribution >= 0.6 is 0 Å². The van der Waals surface area contributed by atoms with Gasteiger partial charge < -0.3 is 15.9 Å². The van der Waals surface area contributed by atoms with Gasteiger partial charge in [-0.2, -0.15) is 0 Å². The number of non-ortho nitro benzene ring substituents is 1. The predicted molar refractivity (Wildman–Crippen MR) is 86.9 cm³/mol. The monoisotopic (exact) mass is 324 g/mol. The molecule has 8 nitrogen and oxygen atoms in total. The van der Waals surface area contributed by atoms with Crippen LogP contribution in [0.15, 0.2) is 48.7 Å². The van der Waals surface area contributed by atoms with Crippen LogP contribution in [0.2, 0.25) is 0 Å². The number of nitro groups is 1. The predicted octanol–water partition coefficient (Wildman–Crippen LogP) is 1.76. The van der Waals surface area contributed by atoms with Crippen molar-refractivity contribution in [2.75, 3.05) is 5.73 Å². The van der Waals surface area contributed by atoms with Crippen molar-refractivity contribution in [3.8, 4) is 0 Å². The standard InChI is InChI=1S/C16H12N4O4/c17-13-12(16(18)22)11-3-1-2-8-19(11)14(13)15(21)9-4-6-10(7-5-9)20(23)24/h1-8H,17H2,(H2,18,22). The minimum Gasteiger partial charge on any atom is -0.396 e. The van der Waals surface area contributed by atoms with Crippen LogP contribution in [0, 0.1) is 10.1 Å². The zero-order valence-corrected chi connectivity index (χ0v) is 12.3. The second-order valence-electron chi connectivity index (χ2n) is 5.09. The van der Waals surface area contributed by atoms with Gasteiger partial charge in [0.1, 0.15) is 5.69 Å². The number of primary amides is 1. The number of fused-ring (bicyclic) bond motifs is 1. The van der Waals surface area contributed by atoms with Gasteiger partial charge in [0.05, 0.1) is 21.7 Å². The van der Waals surface area contributed by atoms with Crippen molar-refractivity contribution in [3.05, 3.63) is 75.6 Å². The SMILES string of the molecule is NC(=O)c1c(N)c(C(=O)c2ccc([N+](=O)[O-])cc2)n2ccccc12. The molecule has 2 heterocycles. The number of benzene rings is 1. The smallest absolute Gasteiger partial charge is 0.269 e. The van der Waals surface area contributed by atoms with Crippen LogP contribution in [0.25, 0.3) is 5.52 Å². The maximum Gasteiger partial charge on any atom is 0.269 e. The Morgan fingerprint density at radius 2 is 1.75 bits per heavy atom. The lowest BCUT2D eigenvalue weighted by Gasteiger charge is -2.03. The van der Waals surface area contributed by atoms with E-state index in [0.717, 1.165) is 0 Å². The molecule has 0 spiro atoms. The Morgan fingerprint density at radius 3 is 2.33 bits per heavy atom. The summed E-state index contributed by atoms with van der Waals surface area (Å²) < 4.78 is 1.49. The second-order valence-corrected chi connectivity index (χ2v) is 5.09. The first-order valence-corrected chi connectivity index (χ1v) is 6.89. The summed E-state index contributed by atoms with van der Waals surface area (Å²) in [4.78, 5) is 34.6. The number of ketones is 1.